The van der Waals surface area contributed by atoms with E-state index in [1.165, 1.54) is 29.5 Å². The van der Waals surface area contributed by atoms with Crippen molar-refractivity contribution in [2.45, 2.75) is 6.54 Å². The normalized spacial score (nSPS) is 10.8. The molecule has 2 amide bonds. The van der Waals surface area contributed by atoms with E-state index in [4.69, 9.17) is 11.6 Å². The Morgan fingerprint density at radius 2 is 1.68 bits per heavy atom. The molecule has 0 radical (unpaired) electrons. The molecule has 172 valence electrons. The smallest absolute Gasteiger partial charge is 0.337 e. The number of nitrogens with one attached hydrogen (secondary N) is 2. The summed E-state index contributed by atoms with van der Waals surface area (Å²) in [4.78, 5) is 37.3. The summed E-state index contributed by atoms with van der Waals surface area (Å²) in [5.41, 5.74) is -0.696. The number of fused-ring (bicyclic) bond motifs is 1. The lowest BCUT2D eigenvalue weighted by molar-refractivity contribution is 0.0698. The van der Waals surface area contributed by atoms with Crippen LogP contribution in [0.15, 0.2) is 60.7 Å². The zero-order valence-corrected chi connectivity index (χ0v) is 18.8. The molecule has 0 aliphatic rings. The topological polar surface area (TPSA) is 95.5 Å². The Labute approximate surface area is 200 Å². The van der Waals surface area contributed by atoms with Gasteiger partial charge in [0.15, 0.2) is 0 Å². The van der Waals surface area contributed by atoms with Gasteiger partial charge in [-0.3, -0.25) is 9.59 Å². The van der Waals surface area contributed by atoms with Gasteiger partial charge in [0.2, 0.25) is 0 Å². The van der Waals surface area contributed by atoms with Crippen molar-refractivity contribution >= 4 is 56.5 Å². The van der Waals surface area contributed by atoms with Gasteiger partial charge in [-0.1, -0.05) is 23.7 Å². The van der Waals surface area contributed by atoms with Gasteiger partial charge in [-0.2, -0.15) is 0 Å². The number of rotatable bonds is 6. The first-order chi connectivity index (χ1) is 16.2. The minimum absolute atomic E-state index is 0.00955. The largest absolute Gasteiger partial charge is 0.478 e. The van der Waals surface area contributed by atoms with Gasteiger partial charge in [0.25, 0.3) is 11.8 Å². The SMILES string of the molecule is O=C(NCc1c(F)cccc1F)c1ccc(NC(=O)c2cc3ccc(Cl)cc3s2)c(C(=O)O)c1. The second-order valence-corrected chi connectivity index (χ2v) is 8.72. The number of anilines is 1. The van der Waals surface area contributed by atoms with Gasteiger partial charge in [-0.05, 0) is 53.9 Å². The standard InChI is InChI=1S/C24H15ClF2N2O4S/c25-14-6-4-12-9-21(34-20(12)10-14)23(31)29-19-7-5-13(8-15(19)24(32)33)22(30)28-11-16-17(26)2-1-3-18(16)27/h1-10H,11H2,(H,28,30)(H,29,31)(H,32,33). The van der Waals surface area contributed by atoms with Crippen LogP contribution in [-0.4, -0.2) is 22.9 Å². The number of carboxylic acids is 1. The molecule has 6 nitrogen and oxygen atoms in total. The number of carboxylic acid groups (broad SMARTS) is 1. The molecule has 0 saturated carbocycles. The molecule has 4 aromatic rings. The predicted molar refractivity (Wildman–Crippen MR) is 126 cm³/mol. The average Bonchev–Trinajstić information content (AvgIpc) is 3.22. The van der Waals surface area contributed by atoms with Gasteiger partial charge < -0.3 is 15.7 Å². The van der Waals surface area contributed by atoms with Crippen molar-refractivity contribution in [3.8, 4) is 0 Å². The van der Waals surface area contributed by atoms with Gasteiger partial charge in [-0.25, -0.2) is 13.6 Å². The Kier molecular flexibility index (Phi) is 6.58. The van der Waals surface area contributed by atoms with Crippen molar-refractivity contribution in [1.29, 1.82) is 0 Å². The van der Waals surface area contributed by atoms with Crippen molar-refractivity contribution in [1.82, 2.24) is 5.32 Å². The first-order valence-electron chi connectivity index (χ1n) is 9.82. The lowest BCUT2D eigenvalue weighted by Crippen LogP contribution is -2.24. The molecule has 3 aromatic carbocycles. The number of carbonyl (C=O) groups excluding carboxylic acids is 2. The second kappa shape index (κ2) is 9.58. The maximum absolute atomic E-state index is 13.8. The van der Waals surface area contributed by atoms with Crippen molar-refractivity contribution in [3.63, 3.8) is 0 Å². The molecular formula is C24H15ClF2N2O4S. The molecule has 0 aliphatic carbocycles. The monoisotopic (exact) mass is 500 g/mol. The third kappa shape index (κ3) is 4.90. The van der Waals surface area contributed by atoms with Gasteiger partial charge >= 0.3 is 5.97 Å². The first-order valence-corrected chi connectivity index (χ1v) is 11.0. The summed E-state index contributed by atoms with van der Waals surface area (Å²) in [6, 6.07) is 13.9. The number of benzene rings is 3. The van der Waals surface area contributed by atoms with Gasteiger partial charge in [0, 0.05) is 27.4 Å². The van der Waals surface area contributed by atoms with Crippen LogP contribution in [0.1, 0.15) is 36.0 Å². The lowest BCUT2D eigenvalue weighted by atomic mass is 10.1. The maximum Gasteiger partial charge on any atom is 0.337 e. The molecule has 3 N–H and O–H groups in total. The number of hydrogen-bond donors (Lipinski definition) is 3. The number of thiophene rings is 1. The fourth-order valence-electron chi connectivity index (χ4n) is 3.24. The highest BCUT2D eigenvalue weighted by Gasteiger charge is 2.19. The van der Waals surface area contributed by atoms with E-state index in [0.29, 0.717) is 9.90 Å². The minimum atomic E-state index is -1.37. The van der Waals surface area contributed by atoms with E-state index in [0.717, 1.165) is 28.3 Å². The van der Waals surface area contributed by atoms with E-state index in [-0.39, 0.29) is 22.4 Å². The summed E-state index contributed by atoms with van der Waals surface area (Å²) in [5.74, 6) is -4.24. The molecule has 0 fully saturated rings. The molecule has 0 atom stereocenters. The van der Waals surface area contributed by atoms with E-state index in [2.05, 4.69) is 10.6 Å². The van der Waals surface area contributed by atoms with Gasteiger partial charge in [0.1, 0.15) is 11.6 Å². The molecule has 34 heavy (non-hydrogen) atoms. The summed E-state index contributed by atoms with van der Waals surface area (Å²) in [7, 11) is 0. The molecule has 1 aromatic heterocycles. The molecular weight excluding hydrogens is 486 g/mol. The Hall–Kier alpha value is -3.82. The molecule has 4 rings (SSSR count). The van der Waals surface area contributed by atoms with Crippen molar-refractivity contribution in [2.24, 2.45) is 0 Å². The highest BCUT2D eigenvalue weighted by Crippen LogP contribution is 2.29. The maximum atomic E-state index is 13.8. The Balaban J connectivity index is 1.53. The van der Waals surface area contributed by atoms with Crippen LogP contribution in [0.5, 0.6) is 0 Å². The van der Waals surface area contributed by atoms with Crippen molar-refractivity contribution in [2.75, 3.05) is 5.32 Å². The summed E-state index contributed by atoms with van der Waals surface area (Å²) in [6.07, 6.45) is 0. The van der Waals surface area contributed by atoms with Crippen LogP contribution in [0.3, 0.4) is 0 Å². The number of halogens is 3. The summed E-state index contributed by atoms with van der Waals surface area (Å²) >= 11 is 7.18. The van der Waals surface area contributed by atoms with E-state index in [9.17, 15) is 28.3 Å². The van der Waals surface area contributed by atoms with E-state index in [1.807, 2.05) is 0 Å². The minimum Gasteiger partial charge on any atom is -0.478 e. The number of aromatic carboxylic acids is 1. The molecule has 10 heteroatoms. The summed E-state index contributed by atoms with van der Waals surface area (Å²) < 4.78 is 28.3. The molecule has 0 spiro atoms. The molecule has 0 bridgehead atoms. The van der Waals surface area contributed by atoms with Crippen molar-refractivity contribution < 1.29 is 28.3 Å². The summed E-state index contributed by atoms with van der Waals surface area (Å²) in [5, 5.41) is 15.8. The number of amides is 2. The van der Waals surface area contributed by atoms with Gasteiger partial charge in [-0.15, -0.1) is 11.3 Å². The third-order valence-electron chi connectivity index (χ3n) is 4.95. The fraction of sp³-hybridized carbons (Fsp3) is 0.0417. The summed E-state index contributed by atoms with van der Waals surface area (Å²) in [6.45, 7) is -0.422. The van der Waals surface area contributed by atoms with Crippen LogP contribution < -0.4 is 10.6 Å². The Morgan fingerprint density at radius 1 is 0.941 bits per heavy atom. The second-order valence-electron chi connectivity index (χ2n) is 7.20. The Morgan fingerprint density at radius 3 is 2.38 bits per heavy atom. The highest BCUT2D eigenvalue weighted by atomic mass is 35.5. The molecule has 0 unspecified atom stereocenters. The molecule has 0 saturated heterocycles. The van der Waals surface area contributed by atoms with Gasteiger partial charge in [0.05, 0.1) is 16.1 Å². The van der Waals surface area contributed by atoms with E-state index in [1.54, 1.807) is 24.3 Å². The zero-order chi connectivity index (χ0) is 24.4. The van der Waals surface area contributed by atoms with Crippen LogP contribution in [0.25, 0.3) is 10.1 Å². The number of hydrogen-bond acceptors (Lipinski definition) is 4. The molecule has 1 heterocycles. The van der Waals surface area contributed by atoms with E-state index >= 15 is 0 Å². The Bertz CT molecular complexity index is 1430. The lowest BCUT2D eigenvalue weighted by Gasteiger charge is -2.11. The zero-order valence-electron chi connectivity index (χ0n) is 17.2. The van der Waals surface area contributed by atoms with Crippen LogP contribution in [-0.2, 0) is 6.54 Å². The number of carbonyl (C=O) groups is 3. The average molecular weight is 501 g/mol. The van der Waals surface area contributed by atoms with Crippen molar-refractivity contribution in [3.05, 3.63) is 98.9 Å². The quantitative estimate of drug-likeness (QED) is 0.316. The van der Waals surface area contributed by atoms with Crippen LogP contribution in [0.2, 0.25) is 5.02 Å². The van der Waals surface area contributed by atoms with Crippen LogP contribution >= 0.6 is 22.9 Å². The predicted octanol–water partition coefficient (Wildman–Crippen LogP) is 5.71. The fourth-order valence-corrected chi connectivity index (χ4v) is 4.48. The van der Waals surface area contributed by atoms with Crippen LogP contribution in [0.4, 0.5) is 14.5 Å². The van der Waals surface area contributed by atoms with E-state index < -0.39 is 36.0 Å². The van der Waals surface area contributed by atoms with Crippen LogP contribution in [0, 0.1) is 11.6 Å². The molecule has 0 aliphatic heterocycles. The third-order valence-corrected chi connectivity index (χ3v) is 6.29. The highest BCUT2D eigenvalue weighted by molar-refractivity contribution is 7.21. The first kappa shape index (κ1) is 23.3.